The van der Waals surface area contributed by atoms with Gasteiger partial charge in [-0.1, -0.05) is 29.4 Å². The molecule has 3 aromatic carbocycles. The van der Waals surface area contributed by atoms with E-state index in [1.54, 1.807) is 18.3 Å². The Morgan fingerprint density at radius 3 is 2.38 bits per heavy atom. The molecule has 3 aliphatic heterocycles. The minimum absolute atomic E-state index is 0.0255. The van der Waals surface area contributed by atoms with Gasteiger partial charge in [-0.25, -0.2) is 9.69 Å². The van der Waals surface area contributed by atoms with Crippen molar-refractivity contribution in [2.75, 3.05) is 37.6 Å². The number of Topliss-reactive ketones (excluding diaryl/α,β-unsaturated/α-hetero) is 1. The summed E-state index contributed by atoms with van der Waals surface area (Å²) in [7, 11) is 3.31. The maximum atomic E-state index is 13.9. The van der Waals surface area contributed by atoms with Crippen LogP contribution in [0.3, 0.4) is 0 Å². The quantitative estimate of drug-likeness (QED) is 0.141. The summed E-state index contributed by atoms with van der Waals surface area (Å²) in [6, 6.07) is 13.7. The molecule has 0 saturated carbocycles. The highest BCUT2D eigenvalue weighted by Crippen LogP contribution is 2.43. The first kappa shape index (κ1) is 37.7. The standard InChI is InChI=1S/C43H48N4O8/c1-25-15-29-22-45-34-20-37(27(3)18-32(34)40(48)31(29)16-25)53-13-7-6-8-14-54-39-21-35-33(19-38(39)52-5)41(49)46-23-26(2)17-36(46)42(50)47(35)43(51)55-24-28-9-11-30(44-4)12-10-28/h9-12,16,18-23,29,31,36,42,44,50H,6-8,13-15,17,24H2,1-5H3/t29-,31?,36-,42-/m0/s1. The minimum Gasteiger partial charge on any atom is -0.493 e. The van der Waals surface area contributed by atoms with Gasteiger partial charge in [0.15, 0.2) is 23.5 Å². The average Bonchev–Trinajstić information content (AvgIpc) is 3.72. The normalized spacial score (nSPS) is 21.1. The fourth-order valence-corrected chi connectivity index (χ4v) is 7.76. The average molecular weight is 749 g/mol. The fourth-order valence-electron chi connectivity index (χ4n) is 7.76. The highest BCUT2D eigenvalue weighted by Gasteiger charge is 2.45. The number of nitrogens with zero attached hydrogens (tertiary/aromatic N) is 3. The number of ether oxygens (including phenoxy) is 4. The molecule has 1 aliphatic carbocycles. The molecule has 0 radical (unpaired) electrons. The molecule has 0 spiro atoms. The number of nitrogens with one attached hydrogen (secondary N) is 1. The molecule has 3 heterocycles. The van der Waals surface area contributed by atoms with Crippen LogP contribution in [0.1, 0.15) is 77.8 Å². The van der Waals surface area contributed by atoms with E-state index in [-0.39, 0.29) is 41.4 Å². The Bertz CT molecular complexity index is 2070. The van der Waals surface area contributed by atoms with E-state index >= 15 is 0 Å². The molecule has 12 heteroatoms. The number of unbranched alkanes of at least 4 members (excludes halogenated alkanes) is 2. The molecule has 0 fully saturated rings. The Labute approximate surface area is 321 Å². The van der Waals surface area contributed by atoms with Crippen LogP contribution >= 0.6 is 0 Å². The number of carbonyl (C=O) groups is 3. The molecule has 0 aromatic heterocycles. The molecule has 7 rings (SSSR count). The first-order valence-corrected chi connectivity index (χ1v) is 18.8. The van der Waals surface area contributed by atoms with Crippen molar-refractivity contribution in [2.24, 2.45) is 16.8 Å². The lowest BCUT2D eigenvalue weighted by molar-refractivity contribution is 0.0544. The molecular weight excluding hydrogens is 700 g/mol. The van der Waals surface area contributed by atoms with E-state index in [9.17, 15) is 19.5 Å². The highest BCUT2D eigenvalue weighted by atomic mass is 16.6. The lowest BCUT2D eigenvalue weighted by Crippen LogP contribution is -2.50. The smallest absolute Gasteiger partial charge is 0.416 e. The second-order valence-corrected chi connectivity index (χ2v) is 14.7. The predicted molar refractivity (Wildman–Crippen MR) is 210 cm³/mol. The summed E-state index contributed by atoms with van der Waals surface area (Å²) in [5.41, 5.74) is 6.38. The second kappa shape index (κ2) is 16.0. The number of amides is 2. The van der Waals surface area contributed by atoms with Crippen LogP contribution in [-0.4, -0.2) is 73.6 Å². The number of aliphatic imine (C=N–C) groups is 1. The van der Waals surface area contributed by atoms with Crippen molar-refractivity contribution in [2.45, 2.75) is 71.8 Å². The third-order valence-corrected chi connectivity index (χ3v) is 10.7. The Morgan fingerprint density at radius 2 is 1.65 bits per heavy atom. The second-order valence-electron chi connectivity index (χ2n) is 14.7. The zero-order chi connectivity index (χ0) is 38.8. The molecule has 0 saturated heterocycles. The van der Waals surface area contributed by atoms with Gasteiger partial charge in [-0.05, 0) is 88.3 Å². The molecule has 288 valence electrons. The lowest BCUT2D eigenvalue weighted by Gasteiger charge is -2.31. The molecule has 2 amide bonds. The van der Waals surface area contributed by atoms with Gasteiger partial charge >= 0.3 is 6.09 Å². The van der Waals surface area contributed by atoms with Crippen molar-refractivity contribution in [3.05, 3.63) is 94.2 Å². The Morgan fingerprint density at radius 1 is 0.909 bits per heavy atom. The molecule has 1 unspecified atom stereocenters. The van der Waals surface area contributed by atoms with Crippen LogP contribution in [0, 0.1) is 18.8 Å². The third kappa shape index (κ3) is 7.68. The number of ketones is 1. The maximum absolute atomic E-state index is 13.9. The van der Waals surface area contributed by atoms with Crippen LogP contribution in [0.25, 0.3) is 0 Å². The van der Waals surface area contributed by atoms with E-state index in [1.165, 1.54) is 17.6 Å². The van der Waals surface area contributed by atoms with Crippen molar-refractivity contribution in [3.63, 3.8) is 0 Å². The van der Waals surface area contributed by atoms with E-state index in [2.05, 4.69) is 23.3 Å². The topological polar surface area (TPSA) is 139 Å². The lowest BCUT2D eigenvalue weighted by atomic mass is 9.89. The number of anilines is 2. The van der Waals surface area contributed by atoms with Crippen LogP contribution in [0.15, 0.2) is 76.9 Å². The highest BCUT2D eigenvalue weighted by molar-refractivity contribution is 6.07. The minimum atomic E-state index is -1.38. The number of aliphatic hydroxyl groups excluding tert-OH is 1. The first-order valence-electron chi connectivity index (χ1n) is 18.8. The third-order valence-electron chi connectivity index (χ3n) is 10.7. The maximum Gasteiger partial charge on any atom is 0.416 e. The Kier molecular flexibility index (Phi) is 11.0. The zero-order valence-electron chi connectivity index (χ0n) is 32.0. The Balaban J connectivity index is 0.997. The molecule has 3 aromatic rings. The monoisotopic (exact) mass is 748 g/mol. The van der Waals surface area contributed by atoms with E-state index in [0.717, 1.165) is 46.5 Å². The van der Waals surface area contributed by atoms with Crippen LogP contribution in [-0.2, 0) is 11.3 Å². The van der Waals surface area contributed by atoms with Gasteiger partial charge in [-0.15, -0.1) is 0 Å². The number of methoxy groups -OCH3 is 1. The summed E-state index contributed by atoms with van der Waals surface area (Å²) in [6.07, 6.45) is 7.05. The number of benzene rings is 3. The van der Waals surface area contributed by atoms with Crippen molar-refractivity contribution in [1.29, 1.82) is 0 Å². The molecule has 4 atom stereocenters. The predicted octanol–water partition coefficient (Wildman–Crippen LogP) is 7.75. The number of allylic oxidation sites excluding steroid dienone is 2. The van der Waals surface area contributed by atoms with Crippen LogP contribution in [0.5, 0.6) is 17.2 Å². The molecule has 4 aliphatic rings. The molecule has 2 N–H and O–H groups in total. The number of rotatable bonds is 12. The SMILES string of the molecule is CNc1ccc(COC(=O)N2c3cc(OCCCCCOc4cc5c(cc4C)C(=O)C4C=C(C)C[C@H]4C=N5)c(OC)cc3C(=O)N3C=C(C)C[C@H]3[C@@H]2O)cc1. The van der Waals surface area contributed by atoms with Gasteiger partial charge in [0.1, 0.15) is 12.4 Å². The van der Waals surface area contributed by atoms with Gasteiger partial charge < -0.3 is 34.3 Å². The largest absolute Gasteiger partial charge is 0.493 e. The van der Waals surface area contributed by atoms with Gasteiger partial charge in [0.05, 0.1) is 43.3 Å². The molecule has 0 bridgehead atoms. The number of aryl methyl sites for hydroxylation is 1. The first-order chi connectivity index (χ1) is 26.6. The summed E-state index contributed by atoms with van der Waals surface area (Å²) >= 11 is 0. The van der Waals surface area contributed by atoms with Gasteiger partial charge in [0.2, 0.25) is 0 Å². The molecule has 55 heavy (non-hydrogen) atoms. The van der Waals surface area contributed by atoms with E-state index in [0.29, 0.717) is 54.6 Å². The summed E-state index contributed by atoms with van der Waals surface area (Å²) in [6.45, 7) is 6.68. The molecule has 12 nitrogen and oxygen atoms in total. The molecular formula is C43H48N4O8. The van der Waals surface area contributed by atoms with Crippen molar-refractivity contribution in [3.8, 4) is 17.2 Å². The number of carbonyl (C=O) groups excluding carboxylic acids is 3. The number of fused-ring (bicyclic) bond motifs is 4. The van der Waals surface area contributed by atoms with Gasteiger partial charge in [0.25, 0.3) is 5.91 Å². The summed E-state index contributed by atoms with van der Waals surface area (Å²) in [4.78, 5) is 48.3. The number of hydrogen-bond donors (Lipinski definition) is 2. The van der Waals surface area contributed by atoms with Crippen LogP contribution < -0.4 is 24.4 Å². The van der Waals surface area contributed by atoms with Crippen molar-refractivity contribution < 1.29 is 38.4 Å². The fraction of sp³-hybridized carbons (Fsp3) is 0.395. The Hall–Kier alpha value is -5.62. The number of hydrogen-bond acceptors (Lipinski definition) is 10. The van der Waals surface area contributed by atoms with Crippen LogP contribution in [0.2, 0.25) is 0 Å². The summed E-state index contributed by atoms with van der Waals surface area (Å²) in [5.74, 6) is 1.09. The van der Waals surface area contributed by atoms with E-state index in [1.807, 2.05) is 63.5 Å². The van der Waals surface area contributed by atoms with Crippen LogP contribution in [0.4, 0.5) is 21.9 Å². The van der Waals surface area contributed by atoms with Gasteiger partial charge in [0, 0.05) is 54.7 Å². The van der Waals surface area contributed by atoms with E-state index < -0.39 is 18.4 Å². The van der Waals surface area contributed by atoms with Gasteiger partial charge in [-0.3, -0.25) is 14.6 Å². The van der Waals surface area contributed by atoms with E-state index in [4.69, 9.17) is 18.9 Å². The van der Waals surface area contributed by atoms with Crippen molar-refractivity contribution in [1.82, 2.24) is 4.90 Å². The zero-order valence-corrected chi connectivity index (χ0v) is 32.0. The van der Waals surface area contributed by atoms with Gasteiger partial charge in [-0.2, -0.15) is 0 Å². The van der Waals surface area contributed by atoms with Crippen molar-refractivity contribution >= 4 is 41.1 Å². The number of aliphatic hydroxyl groups is 1. The summed E-state index contributed by atoms with van der Waals surface area (Å²) in [5, 5.41) is 14.7. The summed E-state index contributed by atoms with van der Waals surface area (Å²) < 4.78 is 23.7.